The molecular formula is C17H18N4O2. The molecule has 0 aliphatic heterocycles. The Morgan fingerprint density at radius 2 is 2.00 bits per heavy atom. The van der Waals surface area contributed by atoms with Crippen LogP contribution >= 0.6 is 0 Å². The van der Waals surface area contributed by atoms with E-state index >= 15 is 0 Å². The highest BCUT2D eigenvalue weighted by Crippen LogP contribution is 2.26. The first-order valence-corrected chi connectivity index (χ1v) is 7.27. The van der Waals surface area contributed by atoms with E-state index in [1.54, 1.807) is 10.7 Å². The van der Waals surface area contributed by atoms with Crippen LogP contribution in [0, 0.1) is 20.8 Å². The number of anilines is 2. The van der Waals surface area contributed by atoms with E-state index in [4.69, 9.17) is 4.74 Å². The third-order valence-electron chi connectivity index (χ3n) is 4.00. The molecule has 0 aliphatic carbocycles. The van der Waals surface area contributed by atoms with E-state index in [1.807, 2.05) is 13.0 Å². The lowest BCUT2D eigenvalue weighted by Crippen LogP contribution is -2.01. The minimum absolute atomic E-state index is 0.384. The molecule has 0 atom stereocenters. The highest BCUT2D eigenvalue weighted by Gasteiger charge is 2.18. The molecule has 0 spiro atoms. The van der Waals surface area contributed by atoms with Crippen LogP contribution in [0.25, 0.3) is 5.52 Å². The maximum Gasteiger partial charge on any atom is 0.339 e. The number of carbonyl (C=O) groups is 1. The second-order valence-corrected chi connectivity index (χ2v) is 5.49. The van der Waals surface area contributed by atoms with Crippen molar-refractivity contribution in [2.45, 2.75) is 20.8 Å². The number of hydrogen-bond acceptors (Lipinski definition) is 5. The molecule has 3 rings (SSSR count). The topological polar surface area (TPSA) is 68.5 Å². The lowest BCUT2D eigenvalue weighted by atomic mass is 10.1. The van der Waals surface area contributed by atoms with Crippen molar-refractivity contribution >= 4 is 23.0 Å². The lowest BCUT2D eigenvalue weighted by molar-refractivity contribution is 0.0600. The predicted molar refractivity (Wildman–Crippen MR) is 88.3 cm³/mol. The zero-order chi connectivity index (χ0) is 16.6. The summed E-state index contributed by atoms with van der Waals surface area (Å²) in [6.07, 6.45) is 3.11. The van der Waals surface area contributed by atoms with E-state index in [0.29, 0.717) is 11.4 Å². The number of fused-ring (bicyclic) bond motifs is 1. The average Bonchev–Trinajstić information content (AvgIpc) is 2.88. The molecule has 2 aromatic heterocycles. The lowest BCUT2D eigenvalue weighted by Gasteiger charge is -2.09. The van der Waals surface area contributed by atoms with E-state index in [9.17, 15) is 4.79 Å². The zero-order valence-corrected chi connectivity index (χ0v) is 13.5. The third-order valence-corrected chi connectivity index (χ3v) is 4.00. The Kier molecular flexibility index (Phi) is 3.73. The van der Waals surface area contributed by atoms with Gasteiger partial charge in [0.2, 0.25) is 0 Å². The number of aryl methyl sites for hydroxylation is 3. The van der Waals surface area contributed by atoms with Crippen molar-refractivity contribution in [3.8, 4) is 0 Å². The van der Waals surface area contributed by atoms with Gasteiger partial charge in [-0.2, -0.15) is 5.10 Å². The molecule has 6 nitrogen and oxygen atoms in total. The summed E-state index contributed by atoms with van der Waals surface area (Å²) in [7, 11) is 1.37. The van der Waals surface area contributed by atoms with Gasteiger partial charge in [-0.15, -0.1) is 0 Å². The molecule has 3 aromatic rings. The van der Waals surface area contributed by atoms with Crippen LogP contribution in [-0.2, 0) is 4.74 Å². The first-order valence-electron chi connectivity index (χ1n) is 7.27. The van der Waals surface area contributed by atoms with E-state index in [0.717, 1.165) is 16.8 Å². The first kappa shape index (κ1) is 15.0. The maximum atomic E-state index is 11.9. The summed E-state index contributed by atoms with van der Waals surface area (Å²) in [6.45, 7) is 5.99. The van der Waals surface area contributed by atoms with Gasteiger partial charge in [-0.3, -0.25) is 0 Å². The summed E-state index contributed by atoms with van der Waals surface area (Å²) < 4.78 is 6.45. The Hall–Kier alpha value is -2.89. The van der Waals surface area contributed by atoms with Crippen LogP contribution in [0.15, 0.2) is 30.7 Å². The summed E-state index contributed by atoms with van der Waals surface area (Å²) in [5, 5.41) is 7.47. The highest BCUT2D eigenvalue weighted by atomic mass is 16.5. The number of aromatic nitrogens is 3. The minimum Gasteiger partial charge on any atom is -0.465 e. The molecule has 0 saturated heterocycles. The van der Waals surface area contributed by atoms with Crippen molar-refractivity contribution in [1.82, 2.24) is 14.6 Å². The minimum atomic E-state index is -0.384. The second kappa shape index (κ2) is 5.72. The van der Waals surface area contributed by atoms with Crippen molar-refractivity contribution in [3.05, 3.63) is 53.0 Å². The Labute approximate surface area is 134 Å². The normalized spacial score (nSPS) is 10.8. The number of nitrogens with zero attached hydrogens (tertiary/aromatic N) is 3. The summed E-state index contributed by atoms with van der Waals surface area (Å²) in [5.41, 5.74) is 5.39. The second-order valence-electron chi connectivity index (χ2n) is 5.49. The van der Waals surface area contributed by atoms with Gasteiger partial charge in [-0.25, -0.2) is 14.3 Å². The van der Waals surface area contributed by atoms with Crippen molar-refractivity contribution in [2.24, 2.45) is 0 Å². The van der Waals surface area contributed by atoms with Crippen LogP contribution in [0.3, 0.4) is 0 Å². The van der Waals surface area contributed by atoms with Crippen LogP contribution < -0.4 is 5.32 Å². The van der Waals surface area contributed by atoms with Gasteiger partial charge in [0, 0.05) is 11.9 Å². The van der Waals surface area contributed by atoms with Crippen molar-refractivity contribution in [3.63, 3.8) is 0 Å². The molecule has 0 bridgehead atoms. The molecule has 118 valence electrons. The monoisotopic (exact) mass is 310 g/mol. The first-order chi connectivity index (χ1) is 11.0. The summed E-state index contributed by atoms with van der Waals surface area (Å²) in [5.74, 6) is 0.265. The molecule has 1 aromatic carbocycles. The molecule has 0 fully saturated rings. The van der Waals surface area contributed by atoms with Gasteiger partial charge < -0.3 is 10.1 Å². The maximum absolute atomic E-state index is 11.9. The number of ether oxygens (including phenoxy) is 1. The van der Waals surface area contributed by atoms with Crippen LogP contribution in [0.1, 0.15) is 27.0 Å². The van der Waals surface area contributed by atoms with Gasteiger partial charge in [0.1, 0.15) is 11.8 Å². The fourth-order valence-corrected chi connectivity index (χ4v) is 2.52. The number of hydrogen-bond donors (Lipinski definition) is 1. The van der Waals surface area contributed by atoms with Crippen molar-refractivity contribution in [1.29, 1.82) is 0 Å². The number of esters is 1. The molecule has 0 saturated carbocycles. The summed E-state index contributed by atoms with van der Waals surface area (Å²) in [6, 6.07) is 6.12. The highest BCUT2D eigenvalue weighted by molar-refractivity contribution is 5.95. The Balaban J connectivity index is 2.08. The van der Waals surface area contributed by atoms with Crippen LogP contribution in [0.4, 0.5) is 11.5 Å². The van der Waals surface area contributed by atoms with E-state index in [-0.39, 0.29) is 5.97 Å². The van der Waals surface area contributed by atoms with Gasteiger partial charge in [0.05, 0.1) is 12.7 Å². The standard InChI is InChI=1S/C17H18N4O2/c1-10-5-6-13(7-11(10)2)20-16-15-12(3)14(17(22)23-4)8-21(15)19-9-18-16/h5-9H,1-4H3,(H,18,19,20). The fraction of sp³-hybridized carbons (Fsp3) is 0.235. The molecule has 0 radical (unpaired) electrons. The Morgan fingerprint density at radius 3 is 2.70 bits per heavy atom. The van der Waals surface area contributed by atoms with E-state index in [2.05, 4.69) is 41.4 Å². The molecule has 0 unspecified atom stereocenters. The predicted octanol–water partition coefficient (Wildman–Crippen LogP) is 3.18. The third kappa shape index (κ3) is 2.63. The van der Waals surface area contributed by atoms with E-state index < -0.39 is 0 Å². The van der Waals surface area contributed by atoms with Gasteiger partial charge >= 0.3 is 5.97 Å². The quantitative estimate of drug-likeness (QED) is 0.752. The smallest absolute Gasteiger partial charge is 0.339 e. The number of rotatable bonds is 3. The molecule has 0 amide bonds. The largest absolute Gasteiger partial charge is 0.465 e. The van der Waals surface area contributed by atoms with Crippen LogP contribution in [-0.4, -0.2) is 27.7 Å². The fourth-order valence-electron chi connectivity index (χ4n) is 2.52. The van der Waals surface area contributed by atoms with E-state index in [1.165, 1.54) is 24.6 Å². The van der Waals surface area contributed by atoms with Crippen LogP contribution in [0.2, 0.25) is 0 Å². The average molecular weight is 310 g/mol. The van der Waals surface area contributed by atoms with Crippen molar-refractivity contribution in [2.75, 3.05) is 12.4 Å². The van der Waals surface area contributed by atoms with Crippen molar-refractivity contribution < 1.29 is 9.53 Å². The Morgan fingerprint density at radius 1 is 1.22 bits per heavy atom. The molecular weight excluding hydrogens is 292 g/mol. The number of carbonyl (C=O) groups excluding carboxylic acids is 1. The summed E-state index contributed by atoms with van der Waals surface area (Å²) >= 11 is 0. The molecule has 0 aliphatic rings. The van der Waals surface area contributed by atoms with Gasteiger partial charge in [-0.05, 0) is 49.6 Å². The molecule has 2 heterocycles. The SMILES string of the molecule is COC(=O)c1cn2ncnc(Nc3ccc(C)c(C)c3)c2c1C. The zero-order valence-electron chi connectivity index (χ0n) is 13.5. The number of benzene rings is 1. The van der Waals surface area contributed by atoms with Crippen LogP contribution in [0.5, 0.6) is 0 Å². The number of nitrogens with one attached hydrogen (secondary N) is 1. The van der Waals surface area contributed by atoms with Gasteiger partial charge in [0.15, 0.2) is 5.82 Å². The molecule has 1 N–H and O–H groups in total. The summed E-state index contributed by atoms with van der Waals surface area (Å²) in [4.78, 5) is 16.2. The number of methoxy groups -OCH3 is 1. The molecule has 23 heavy (non-hydrogen) atoms. The molecule has 6 heteroatoms. The van der Waals surface area contributed by atoms with Gasteiger partial charge in [0.25, 0.3) is 0 Å². The Bertz CT molecular complexity index is 899. The van der Waals surface area contributed by atoms with Gasteiger partial charge in [-0.1, -0.05) is 6.07 Å².